The van der Waals surface area contributed by atoms with Crippen molar-refractivity contribution in [1.82, 2.24) is 0 Å². The smallest absolute Gasteiger partial charge is 0.177 e. The molecule has 0 saturated carbocycles. The van der Waals surface area contributed by atoms with Gasteiger partial charge in [0, 0.05) is 18.7 Å². The third kappa shape index (κ3) is 4.93. The quantitative estimate of drug-likeness (QED) is 0.755. The van der Waals surface area contributed by atoms with E-state index in [0.717, 1.165) is 12.5 Å². The molecular formula is C17H23NO4S2Si. The second-order valence-electron chi connectivity index (χ2n) is 6.81. The Balaban J connectivity index is 2.37. The van der Waals surface area contributed by atoms with E-state index >= 15 is 0 Å². The topological polar surface area (TPSA) is 80.3 Å². The molecule has 8 heteroatoms. The Morgan fingerprint density at radius 3 is 2.00 bits per heavy atom. The number of benzene rings is 2. The minimum atomic E-state index is -3.56. The molecule has 0 heterocycles. The Kier molecular flexibility index (Phi) is 5.46. The predicted molar refractivity (Wildman–Crippen MR) is 105 cm³/mol. The molecule has 136 valence electrons. The van der Waals surface area contributed by atoms with Crippen molar-refractivity contribution in [1.29, 1.82) is 0 Å². The molecule has 5 nitrogen and oxygen atoms in total. The zero-order valence-electron chi connectivity index (χ0n) is 14.8. The molecule has 0 fully saturated rings. The summed E-state index contributed by atoms with van der Waals surface area (Å²) in [5, 5.41) is 4.49. The molecule has 0 amide bonds. The van der Waals surface area contributed by atoms with Crippen molar-refractivity contribution in [2.75, 3.05) is 24.0 Å². The molecule has 2 aromatic rings. The first-order chi connectivity index (χ1) is 11.4. The lowest BCUT2D eigenvalue weighted by Crippen LogP contribution is -2.48. The van der Waals surface area contributed by atoms with Crippen LogP contribution >= 0.6 is 0 Å². The van der Waals surface area contributed by atoms with Crippen molar-refractivity contribution in [2.45, 2.75) is 22.9 Å². The Morgan fingerprint density at radius 1 is 0.880 bits per heavy atom. The van der Waals surface area contributed by atoms with Crippen LogP contribution in [0.5, 0.6) is 0 Å². The third-order valence-corrected chi connectivity index (χ3v) is 9.26. The maximum atomic E-state index is 12.1. The molecule has 2 rings (SSSR count). The van der Waals surface area contributed by atoms with Crippen LogP contribution in [0.15, 0.2) is 58.3 Å². The van der Waals surface area contributed by atoms with Gasteiger partial charge in [0.2, 0.25) is 0 Å². The summed E-state index contributed by atoms with van der Waals surface area (Å²) in [6, 6.07) is 14.3. The molecule has 0 radical (unpaired) electrons. The van der Waals surface area contributed by atoms with E-state index < -0.39 is 27.7 Å². The fraction of sp³-hybridized carbons (Fsp3) is 0.294. The lowest BCUT2D eigenvalue weighted by Gasteiger charge is -2.24. The number of hydrogen-bond acceptors (Lipinski definition) is 5. The van der Waals surface area contributed by atoms with Gasteiger partial charge in [-0.3, -0.25) is 0 Å². The molecule has 2 aromatic carbocycles. The highest BCUT2D eigenvalue weighted by Crippen LogP contribution is 2.25. The summed E-state index contributed by atoms with van der Waals surface area (Å²) in [5.74, 6) is 0. The first-order valence-electron chi connectivity index (χ1n) is 7.75. The first-order valence-corrected chi connectivity index (χ1v) is 14.7. The van der Waals surface area contributed by atoms with Crippen LogP contribution in [0.1, 0.15) is 0 Å². The highest BCUT2D eigenvalue weighted by atomic mass is 32.2. The Morgan fingerprint density at radius 2 is 1.48 bits per heavy atom. The van der Waals surface area contributed by atoms with E-state index in [9.17, 15) is 16.8 Å². The van der Waals surface area contributed by atoms with Gasteiger partial charge in [0.25, 0.3) is 0 Å². The van der Waals surface area contributed by atoms with Gasteiger partial charge in [-0.25, -0.2) is 16.8 Å². The zero-order valence-corrected chi connectivity index (χ0v) is 17.4. The van der Waals surface area contributed by atoms with Crippen molar-refractivity contribution in [3.63, 3.8) is 0 Å². The van der Waals surface area contributed by atoms with Crippen molar-refractivity contribution >= 4 is 38.6 Å². The minimum Gasteiger partial charge on any atom is -0.387 e. The van der Waals surface area contributed by atoms with E-state index in [1.807, 2.05) is 18.2 Å². The van der Waals surface area contributed by atoms with Crippen molar-refractivity contribution in [3.8, 4) is 0 Å². The first kappa shape index (κ1) is 19.7. The van der Waals surface area contributed by atoms with E-state index in [4.69, 9.17) is 0 Å². The standard InChI is InChI=1S/C17H23NO4S2Si/c1-23(19,20)14-10-11-16(17(12-14)24(2,21)22)18-13-25(3,4)15-8-6-5-7-9-15/h5-12,18H,13H2,1-4H3. The number of anilines is 1. The van der Waals surface area contributed by atoms with E-state index in [-0.39, 0.29) is 9.79 Å². The van der Waals surface area contributed by atoms with Gasteiger partial charge in [0.15, 0.2) is 19.7 Å². The fourth-order valence-electron chi connectivity index (χ4n) is 2.49. The van der Waals surface area contributed by atoms with Gasteiger partial charge in [-0.2, -0.15) is 0 Å². The second-order valence-corrected chi connectivity index (χ2v) is 15.5. The Hall–Kier alpha value is -1.64. The van der Waals surface area contributed by atoms with E-state index in [1.165, 1.54) is 23.4 Å². The molecule has 0 aliphatic carbocycles. The molecule has 0 aliphatic rings. The van der Waals surface area contributed by atoms with Gasteiger partial charge < -0.3 is 5.32 Å². The van der Waals surface area contributed by atoms with Crippen LogP contribution in [-0.2, 0) is 19.7 Å². The van der Waals surface area contributed by atoms with E-state index in [1.54, 1.807) is 0 Å². The van der Waals surface area contributed by atoms with Gasteiger partial charge >= 0.3 is 0 Å². The molecule has 0 unspecified atom stereocenters. The van der Waals surface area contributed by atoms with Crippen LogP contribution in [0.4, 0.5) is 5.69 Å². The summed E-state index contributed by atoms with van der Waals surface area (Å²) in [4.78, 5) is 0.00586. The molecule has 25 heavy (non-hydrogen) atoms. The van der Waals surface area contributed by atoms with Crippen LogP contribution in [0.3, 0.4) is 0 Å². The summed E-state index contributed by atoms with van der Waals surface area (Å²) < 4.78 is 47.6. The molecule has 0 spiro atoms. The van der Waals surface area contributed by atoms with Gasteiger partial charge in [-0.1, -0.05) is 48.6 Å². The summed E-state index contributed by atoms with van der Waals surface area (Å²) in [6.45, 7) is 4.39. The van der Waals surface area contributed by atoms with Gasteiger partial charge in [0.05, 0.1) is 15.5 Å². The molecule has 0 atom stereocenters. The fourth-order valence-corrected chi connectivity index (χ4v) is 6.03. The number of hydrogen-bond donors (Lipinski definition) is 1. The predicted octanol–water partition coefficient (Wildman–Crippen LogP) is 2.06. The normalized spacial score (nSPS) is 12.8. The zero-order chi connectivity index (χ0) is 18.9. The SMILES string of the molecule is C[Si](C)(CNc1ccc(S(C)(=O)=O)cc1S(C)(=O)=O)c1ccccc1. The maximum Gasteiger partial charge on any atom is 0.177 e. The van der Waals surface area contributed by atoms with Gasteiger partial charge in [-0.15, -0.1) is 0 Å². The molecule has 1 N–H and O–H groups in total. The highest BCUT2D eigenvalue weighted by molar-refractivity contribution is 7.91. The average molecular weight is 398 g/mol. The van der Waals surface area contributed by atoms with Crippen LogP contribution in [0, 0.1) is 0 Å². The van der Waals surface area contributed by atoms with Crippen LogP contribution in [0.25, 0.3) is 0 Å². The largest absolute Gasteiger partial charge is 0.387 e. The van der Waals surface area contributed by atoms with Gasteiger partial charge in [0.1, 0.15) is 8.07 Å². The molecule has 0 aliphatic heterocycles. The minimum absolute atomic E-state index is 0.00182. The van der Waals surface area contributed by atoms with Crippen LogP contribution < -0.4 is 10.5 Å². The summed E-state index contributed by atoms with van der Waals surface area (Å²) in [6.07, 6.45) is 2.78. The highest BCUT2D eigenvalue weighted by Gasteiger charge is 2.24. The van der Waals surface area contributed by atoms with Gasteiger partial charge in [-0.05, 0) is 18.2 Å². The van der Waals surface area contributed by atoms with E-state index in [0.29, 0.717) is 11.9 Å². The lowest BCUT2D eigenvalue weighted by molar-refractivity contribution is 0.600. The summed E-state index contributed by atoms with van der Waals surface area (Å²) in [5.41, 5.74) is 0.436. The molecular weight excluding hydrogens is 374 g/mol. The van der Waals surface area contributed by atoms with Crippen LogP contribution in [-0.4, -0.2) is 43.6 Å². The second kappa shape index (κ2) is 6.93. The molecule has 0 aromatic heterocycles. The average Bonchev–Trinajstić information content (AvgIpc) is 2.52. The van der Waals surface area contributed by atoms with Crippen LogP contribution in [0.2, 0.25) is 13.1 Å². The maximum absolute atomic E-state index is 12.1. The van der Waals surface area contributed by atoms with Crippen molar-refractivity contribution in [3.05, 3.63) is 48.5 Å². The number of sulfone groups is 2. The monoisotopic (exact) mass is 397 g/mol. The number of nitrogens with one attached hydrogen (secondary N) is 1. The summed E-state index contributed by atoms with van der Waals surface area (Å²) >= 11 is 0. The third-order valence-electron chi connectivity index (χ3n) is 4.06. The van der Waals surface area contributed by atoms with E-state index in [2.05, 4.69) is 30.5 Å². The van der Waals surface area contributed by atoms with Crippen molar-refractivity contribution < 1.29 is 16.8 Å². The summed E-state index contributed by atoms with van der Waals surface area (Å²) in [7, 11) is -8.85. The number of rotatable bonds is 6. The van der Waals surface area contributed by atoms with Crippen molar-refractivity contribution in [2.24, 2.45) is 0 Å². The molecule has 0 saturated heterocycles. The molecule has 0 bridgehead atoms. The Labute approximate surface area is 150 Å². The Bertz CT molecular complexity index is 969. The lowest BCUT2D eigenvalue weighted by atomic mass is 10.3.